The van der Waals surface area contributed by atoms with Gasteiger partial charge in [-0.05, 0) is 0 Å². The number of ketones is 2. The zero-order chi connectivity index (χ0) is 16.8. The minimum atomic E-state index is -0.165. The number of Topliss-reactive ketones (excluding diaryl/α,β-unsaturated/α-hetero) is 1. The van der Waals surface area contributed by atoms with Crippen LogP contribution in [0, 0.1) is 0 Å². The van der Waals surface area contributed by atoms with Gasteiger partial charge in [-0.25, -0.2) is 0 Å². The van der Waals surface area contributed by atoms with Gasteiger partial charge in [0.1, 0.15) is 0 Å². The summed E-state index contributed by atoms with van der Waals surface area (Å²) in [5, 5.41) is 0. The monoisotopic (exact) mass is 321 g/mol. The molecule has 0 bridgehead atoms. The first-order valence-corrected chi connectivity index (χ1v) is 7.99. The highest BCUT2D eigenvalue weighted by molar-refractivity contribution is 6.14. The molecule has 0 unspecified atom stereocenters. The third-order valence-corrected chi connectivity index (χ3v) is 3.95. The summed E-state index contributed by atoms with van der Waals surface area (Å²) in [5.41, 5.74) is 1.58. The lowest BCUT2D eigenvalue weighted by Crippen LogP contribution is -2.38. The minimum absolute atomic E-state index is 0.137. The summed E-state index contributed by atoms with van der Waals surface area (Å²) in [7, 11) is 0. The molecular formula is C20H19NO3. The molecule has 2 aromatic rings. The molecule has 24 heavy (non-hydrogen) atoms. The molecule has 1 aliphatic rings. The Labute approximate surface area is 141 Å². The van der Waals surface area contributed by atoms with Crippen molar-refractivity contribution in [3.8, 4) is 0 Å². The average Bonchev–Trinajstić information content (AvgIpc) is 2.67. The van der Waals surface area contributed by atoms with Crippen LogP contribution < -0.4 is 0 Å². The molecule has 0 amide bonds. The van der Waals surface area contributed by atoms with Crippen molar-refractivity contribution in [2.24, 2.45) is 0 Å². The first kappa shape index (κ1) is 16.1. The number of rotatable bonds is 5. The van der Waals surface area contributed by atoms with Crippen LogP contribution in [0.1, 0.15) is 20.7 Å². The Morgan fingerprint density at radius 3 is 1.96 bits per heavy atom. The van der Waals surface area contributed by atoms with Gasteiger partial charge in [-0.15, -0.1) is 0 Å². The lowest BCUT2D eigenvalue weighted by Gasteiger charge is -2.30. The Morgan fingerprint density at radius 1 is 0.833 bits per heavy atom. The second-order valence-electron chi connectivity index (χ2n) is 5.55. The highest BCUT2D eigenvalue weighted by Gasteiger charge is 2.22. The zero-order valence-corrected chi connectivity index (χ0v) is 13.4. The summed E-state index contributed by atoms with van der Waals surface area (Å²) < 4.78 is 5.36. The molecule has 4 nitrogen and oxygen atoms in total. The van der Waals surface area contributed by atoms with Gasteiger partial charge in [0.25, 0.3) is 0 Å². The SMILES string of the molecule is O=C(/C=C(/C(=O)c1ccccc1)N1CCOCC1)c1ccccc1. The number of hydrogen-bond donors (Lipinski definition) is 0. The van der Waals surface area contributed by atoms with Crippen LogP contribution in [0.5, 0.6) is 0 Å². The Hall–Kier alpha value is -2.72. The minimum Gasteiger partial charge on any atom is -0.378 e. The van der Waals surface area contributed by atoms with Gasteiger partial charge < -0.3 is 9.64 Å². The molecule has 1 fully saturated rings. The number of hydrogen-bond acceptors (Lipinski definition) is 4. The highest BCUT2D eigenvalue weighted by atomic mass is 16.5. The van der Waals surface area contributed by atoms with E-state index in [9.17, 15) is 9.59 Å². The standard InChI is InChI=1S/C20H19NO3/c22-19(16-7-3-1-4-8-16)15-18(21-11-13-24-14-12-21)20(23)17-9-5-2-6-10-17/h1-10,15H,11-14H2/b18-15-. The van der Waals surface area contributed by atoms with E-state index in [1.54, 1.807) is 24.3 Å². The van der Waals surface area contributed by atoms with Crippen LogP contribution in [0.2, 0.25) is 0 Å². The molecule has 0 N–H and O–H groups in total. The molecule has 3 rings (SSSR count). The van der Waals surface area contributed by atoms with Gasteiger partial charge in [-0.1, -0.05) is 60.7 Å². The van der Waals surface area contributed by atoms with Gasteiger partial charge in [0, 0.05) is 30.3 Å². The fraction of sp³-hybridized carbons (Fsp3) is 0.200. The first-order chi connectivity index (χ1) is 11.8. The molecule has 2 aromatic carbocycles. The number of carbonyl (C=O) groups excluding carboxylic acids is 2. The van der Waals surface area contributed by atoms with Crippen molar-refractivity contribution < 1.29 is 14.3 Å². The lowest BCUT2D eigenvalue weighted by atomic mass is 10.0. The summed E-state index contributed by atoms with van der Waals surface area (Å²) in [4.78, 5) is 27.4. The Balaban J connectivity index is 1.94. The van der Waals surface area contributed by atoms with Crippen LogP contribution in [0.3, 0.4) is 0 Å². The van der Waals surface area contributed by atoms with E-state index in [4.69, 9.17) is 4.74 Å². The van der Waals surface area contributed by atoms with Gasteiger partial charge >= 0.3 is 0 Å². The van der Waals surface area contributed by atoms with Crippen LogP contribution in [-0.2, 0) is 4.74 Å². The van der Waals surface area contributed by atoms with Gasteiger partial charge in [0.15, 0.2) is 5.78 Å². The van der Waals surface area contributed by atoms with Crippen LogP contribution in [0.25, 0.3) is 0 Å². The molecule has 0 radical (unpaired) electrons. The average molecular weight is 321 g/mol. The summed E-state index contributed by atoms with van der Waals surface area (Å²) in [6, 6.07) is 18.0. The fourth-order valence-electron chi connectivity index (χ4n) is 2.65. The van der Waals surface area contributed by atoms with Crippen molar-refractivity contribution in [1.29, 1.82) is 0 Å². The summed E-state index contributed by atoms with van der Waals surface area (Å²) in [6.45, 7) is 2.32. The van der Waals surface area contributed by atoms with E-state index < -0.39 is 0 Å². The molecule has 0 spiro atoms. The van der Waals surface area contributed by atoms with E-state index in [-0.39, 0.29) is 11.6 Å². The van der Waals surface area contributed by atoms with Crippen molar-refractivity contribution in [3.05, 3.63) is 83.6 Å². The van der Waals surface area contributed by atoms with E-state index in [0.29, 0.717) is 43.1 Å². The Morgan fingerprint density at radius 2 is 1.38 bits per heavy atom. The molecule has 0 aromatic heterocycles. The van der Waals surface area contributed by atoms with E-state index >= 15 is 0 Å². The van der Waals surface area contributed by atoms with Crippen molar-refractivity contribution in [2.75, 3.05) is 26.3 Å². The van der Waals surface area contributed by atoms with E-state index in [0.717, 1.165) is 0 Å². The molecule has 4 heteroatoms. The summed E-state index contributed by atoms with van der Waals surface area (Å²) >= 11 is 0. The molecule has 0 saturated carbocycles. The normalized spacial score (nSPS) is 15.2. The fourth-order valence-corrected chi connectivity index (χ4v) is 2.65. The lowest BCUT2D eigenvalue weighted by molar-refractivity contribution is 0.0504. The van der Waals surface area contributed by atoms with E-state index in [1.165, 1.54) is 6.08 Å². The quantitative estimate of drug-likeness (QED) is 0.627. The van der Waals surface area contributed by atoms with Crippen molar-refractivity contribution in [1.82, 2.24) is 4.90 Å². The van der Waals surface area contributed by atoms with Crippen molar-refractivity contribution in [2.45, 2.75) is 0 Å². The van der Waals surface area contributed by atoms with Crippen molar-refractivity contribution in [3.63, 3.8) is 0 Å². The molecule has 1 saturated heterocycles. The second kappa shape index (κ2) is 7.70. The Bertz CT molecular complexity index is 732. The van der Waals surface area contributed by atoms with Crippen LogP contribution in [0.4, 0.5) is 0 Å². The van der Waals surface area contributed by atoms with Gasteiger partial charge in [0.2, 0.25) is 5.78 Å². The first-order valence-electron chi connectivity index (χ1n) is 7.99. The maximum absolute atomic E-state index is 12.9. The number of morpholine rings is 1. The Kier molecular flexibility index (Phi) is 5.18. The van der Waals surface area contributed by atoms with Crippen molar-refractivity contribution >= 4 is 11.6 Å². The molecular weight excluding hydrogens is 302 g/mol. The zero-order valence-electron chi connectivity index (χ0n) is 13.4. The van der Waals surface area contributed by atoms with Gasteiger partial charge in [-0.3, -0.25) is 9.59 Å². The third-order valence-electron chi connectivity index (χ3n) is 3.95. The van der Waals surface area contributed by atoms with E-state index in [2.05, 4.69) is 0 Å². The number of nitrogens with zero attached hydrogens (tertiary/aromatic N) is 1. The maximum atomic E-state index is 12.9. The number of carbonyl (C=O) groups is 2. The molecule has 0 atom stereocenters. The summed E-state index contributed by atoms with van der Waals surface area (Å²) in [5.74, 6) is -0.303. The van der Waals surface area contributed by atoms with Gasteiger partial charge in [-0.2, -0.15) is 0 Å². The largest absolute Gasteiger partial charge is 0.378 e. The topological polar surface area (TPSA) is 46.6 Å². The second-order valence-corrected chi connectivity index (χ2v) is 5.55. The van der Waals surface area contributed by atoms with Crippen LogP contribution in [0.15, 0.2) is 72.4 Å². The predicted octanol–water partition coefficient (Wildman–Crippen LogP) is 2.97. The predicted molar refractivity (Wildman–Crippen MR) is 92.0 cm³/mol. The third kappa shape index (κ3) is 3.78. The smallest absolute Gasteiger partial charge is 0.209 e. The maximum Gasteiger partial charge on any atom is 0.209 e. The number of benzene rings is 2. The van der Waals surface area contributed by atoms with Gasteiger partial charge in [0.05, 0.1) is 18.9 Å². The molecule has 1 aliphatic heterocycles. The molecule has 1 heterocycles. The number of allylic oxidation sites excluding steroid dienone is 2. The molecule has 122 valence electrons. The number of ether oxygens (including phenoxy) is 1. The van der Waals surface area contributed by atoms with E-state index in [1.807, 2.05) is 41.3 Å². The summed E-state index contributed by atoms with van der Waals surface area (Å²) in [6.07, 6.45) is 1.45. The van der Waals surface area contributed by atoms with Crippen LogP contribution in [-0.4, -0.2) is 42.8 Å². The molecule has 0 aliphatic carbocycles. The highest BCUT2D eigenvalue weighted by Crippen LogP contribution is 2.16. The van der Waals surface area contributed by atoms with Crippen LogP contribution >= 0.6 is 0 Å².